The summed E-state index contributed by atoms with van der Waals surface area (Å²) in [6.07, 6.45) is 0.655. The highest BCUT2D eigenvalue weighted by Gasteiger charge is 2.33. The molecule has 7 nitrogen and oxygen atoms in total. The first-order valence-electron chi connectivity index (χ1n) is 5.87. The van der Waals surface area contributed by atoms with Crippen LogP contribution >= 0.6 is 0 Å². The van der Waals surface area contributed by atoms with Crippen LogP contribution in [0.25, 0.3) is 0 Å². The molecule has 0 rings (SSSR count). The van der Waals surface area contributed by atoms with Gasteiger partial charge in [0.15, 0.2) is 0 Å². The van der Waals surface area contributed by atoms with Crippen LogP contribution in [-0.4, -0.2) is 34.5 Å². The monoisotopic (exact) mass is 259 g/mol. The number of carboxylic acids is 1. The van der Waals surface area contributed by atoms with Crippen LogP contribution in [0.5, 0.6) is 0 Å². The van der Waals surface area contributed by atoms with Gasteiger partial charge in [0, 0.05) is 6.42 Å². The third-order valence-electron chi connectivity index (χ3n) is 3.00. The van der Waals surface area contributed by atoms with Crippen LogP contribution < -0.4 is 16.8 Å². The van der Waals surface area contributed by atoms with Gasteiger partial charge in [-0.3, -0.25) is 9.59 Å². The Kier molecular flexibility index (Phi) is 6.32. The molecule has 0 saturated carbocycles. The molecule has 0 aliphatic heterocycles. The van der Waals surface area contributed by atoms with E-state index in [2.05, 4.69) is 5.32 Å². The maximum Gasteiger partial charge on any atom is 0.326 e. The van der Waals surface area contributed by atoms with E-state index in [1.807, 2.05) is 0 Å². The molecule has 0 saturated heterocycles. The predicted octanol–water partition coefficient (Wildman–Crippen LogP) is -0.661. The number of aliphatic carboxylic acids is 1. The van der Waals surface area contributed by atoms with Gasteiger partial charge in [-0.15, -0.1) is 0 Å². The molecule has 0 aliphatic carbocycles. The number of nitrogens with two attached hydrogens (primary N) is 2. The van der Waals surface area contributed by atoms with Crippen LogP contribution in [0.3, 0.4) is 0 Å². The predicted molar refractivity (Wildman–Crippen MR) is 65.5 cm³/mol. The Balaban J connectivity index is 4.63. The average molecular weight is 259 g/mol. The number of rotatable bonds is 8. The van der Waals surface area contributed by atoms with Crippen LogP contribution in [0.15, 0.2) is 0 Å². The molecule has 0 aromatic rings. The normalized spacial score (nSPS) is 12.8. The number of carbonyl (C=O) groups is 3. The zero-order valence-electron chi connectivity index (χ0n) is 10.7. The lowest BCUT2D eigenvalue weighted by Gasteiger charge is -2.27. The number of amides is 2. The fourth-order valence-corrected chi connectivity index (χ4v) is 1.42. The van der Waals surface area contributed by atoms with Crippen molar-refractivity contribution in [3.8, 4) is 0 Å². The summed E-state index contributed by atoms with van der Waals surface area (Å²) in [4.78, 5) is 33.4. The largest absolute Gasteiger partial charge is 0.480 e. The van der Waals surface area contributed by atoms with Gasteiger partial charge < -0.3 is 21.9 Å². The van der Waals surface area contributed by atoms with Crippen molar-refractivity contribution in [3.63, 3.8) is 0 Å². The van der Waals surface area contributed by atoms with E-state index in [9.17, 15) is 14.4 Å². The Labute approximate surface area is 106 Å². The Morgan fingerprint density at radius 3 is 2.11 bits per heavy atom. The summed E-state index contributed by atoms with van der Waals surface area (Å²) in [5, 5.41) is 11.3. The summed E-state index contributed by atoms with van der Waals surface area (Å²) in [6.45, 7) is 3.50. The van der Waals surface area contributed by atoms with E-state index in [1.54, 1.807) is 13.8 Å². The van der Waals surface area contributed by atoms with Crippen LogP contribution in [0, 0.1) is 0 Å². The van der Waals surface area contributed by atoms with E-state index in [1.165, 1.54) is 0 Å². The van der Waals surface area contributed by atoms with Crippen molar-refractivity contribution < 1.29 is 19.5 Å². The Hall–Kier alpha value is -1.63. The molecule has 0 fully saturated rings. The maximum atomic E-state index is 11.9. The third kappa shape index (κ3) is 4.70. The van der Waals surface area contributed by atoms with Crippen LogP contribution in [-0.2, 0) is 14.4 Å². The lowest BCUT2D eigenvalue weighted by Crippen LogP contribution is -2.57. The van der Waals surface area contributed by atoms with Gasteiger partial charge >= 0.3 is 5.97 Å². The topological polar surface area (TPSA) is 136 Å². The molecule has 0 aromatic carbocycles. The molecule has 18 heavy (non-hydrogen) atoms. The van der Waals surface area contributed by atoms with Gasteiger partial charge in [-0.25, -0.2) is 4.79 Å². The molecule has 0 aromatic heterocycles. The average Bonchev–Trinajstić information content (AvgIpc) is 2.32. The van der Waals surface area contributed by atoms with E-state index in [4.69, 9.17) is 16.6 Å². The lowest BCUT2D eigenvalue weighted by atomic mass is 9.92. The summed E-state index contributed by atoms with van der Waals surface area (Å²) in [5.41, 5.74) is 9.71. The quantitative estimate of drug-likeness (QED) is 0.458. The van der Waals surface area contributed by atoms with Crippen LogP contribution in [0.4, 0.5) is 0 Å². The maximum absolute atomic E-state index is 11.9. The summed E-state index contributed by atoms with van der Waals surface area (Å²) in [6, 6.07) is -1.15. The summed E-state index contributed by atoms with van der Waals surface area (Å²) < 4.78 is 0. The van der Waals surface area contributed by atoms with Crippen molar-refractivity contribution in [3.05, 3.63) is 0 Å². The molecular formula is C11H21N3O4. The van der Waals surface area contributed by atoms with E-state index in [0.717, 1.165) is 0 Å². The first-order chi connectivity index (χ1) is 8.26. The second-order valence-electron chi connectivity index (χ2n) is 4.23. The molecule has 104 valence electrons. The van der Waals surface area contributed by atoms with Crippen LogP contribution in [0.1, 0.15) is 39.5 Å². The summed E-state index contributed by atoms with van der Waals surface area (Å²) >= 11 is 0. The molecule has 2 amide bonds. The van der Waals surface area contributed by atoms with Gasteiger partial charge in [0.1, 0.15) is 6.04 Å². The summed E-state index contributed by atoms with van der Waals surface area (Å²) in [7, 11) is 0. The molecule has 0 heterocycles. The molecule has 6 N–H and O–H groups in total. The fraction of sp³-hybridized carbons (Fsp3) is 0.727. The van der Waals surface area contributed by atoms with Crippen molar-refractivity contribution in [2.75, 3.05) is 0 Å². The first kappa shape index (κ1) is 16.4. The molecule has 0 radical (unpaired) electrons. The van der Waals surface area contributed by atoms with E-state index < -0.39 is 29.4 Å². The Bertz CT molecular complexity index is 326. The number of hydrogen-bond donors (Lipinski definition) is 4. The molecule has 0 spiro atoms. The van der Waals surface area contributed by atoms with Crippen molar-refractivity contribution in [1.29, 1.82) is 0 Å². The number of carboxylic acid groups (broad SMARTS) is 1. The minimum atomic E-state index is -1.21. The second kappa shape index (κ2) is 6.95. The van der Waals surface area contributed by atoms with Crippen molar-refractivity contribution in [1.82, 2.24) is 5.32 Å². The standard InChI is InChI=1S/C11H21N3O4/c1-3-11(13,4-2)10(18)14-7(9(16)17)5-6-8(12)15/h7H,3-6,13H2,1-2H3,(H2,12,15)(H,14,18)(H,16,17)/t7-/m1/s1. The van der Waals surface area contributed by atoms with Gasteiger partial charge in [0.2, 0.25) is 11.8 Å². The molecule has 0 bridgehead atoms. The zero-order valence-corrected chi connectivity index (χ0v) is 10.7. The number of primary amides is 1. The van der Waals surface area contributed by atoms with E-state index in [0.29, 0.717) is 12.8 Å². The van der Waals surface area contributed by atoms with Crippen molar-refractivity contribution in [2.45, 2.75) is 51.1 Å². The molecule has 0 unspecified atom stereocenters. The van der Waals surface area contributed by atoms with E-state index >= 15 is 0 Å². The van der Waals surface area contributed by atoms with E-state index in [-0.39, 0.29) is 12.8 Å². The smallest absolute Gasteiger partial charge is 0.326 e. The second-order valence-corrected chi connectivity index (χ2v) is 4.23. The van der Waals surface area contributed by atoms with Crippen LogP contribution in [0.2, 0.25) is 0 Å². The minimum absolute atomic E-state index is 0.0418. The highest BCUT2D eigenvalue weighted by atomic mass is 16.4. The van der Waals surface area contributed by atoms with Gasteiger partial charge in [0.25, 0.3) is 0 Å². The van der Waals surface area contributed by atoms with Gasteiger partial charge in [-0.2, -0.15) is 0 Å². The first-order valence-corrected chi connectivity index (χ1v) is 5.87. The summed E-state index contributed by atoms with van der Waals surface area (Å²) in [5.74, 6) is -2.34. The van der Waals surface area contributed by atoms with Gasteiger partial charge in [0.05, 0.1) is 5.54 Å². The SMILES string of the molecule is CCC(N)(CC)C(=O)N[C@H](CCC(N)=O)C(=O)O. The van der Waals surface area contributed by atoms with Gasteiger partial charge in [-0.05, 0) is 19.3 Å². The third-order valence-corrected chi connectivity index (χ3v) is 3.00. The Morgan fingerprint density at radius 1 is 1.28 bits per heavy atom. The highest BCUT2D eigenvalue weighted by Crippen LogP contribution is 2.12. The van der Waals surface area contributed by atoms with Crippen molar-refractivity contribution >= 4 is 17.8 Å². The lowest BCUT2D eigenvalue weighted by molar-refractivity contribution is -0.143. The minimum Gasteiger partial charge on any atom is -0.480 e. The number of hydrogen-bond acceptors (Lipinski definition) is 4. The molecular weight excluding hydrogens is 238 g/mol. The fourth-order valence-electron chi connectivity index (χ4n) is 1.42. The molecule has 1 atom stereocenters. The zero-order chi connectivity index (χ0) is 14.3. The highest BCUT2D eigenvalue weighted by molar-refractivity contribution is 5.90. The van der Waals surface area contributed by atoms with Crippen molar-refractivity contribution in [2.24, 2.45) is 11.5 Å². The van der Waals surface area contributed by atoms with Gasteiger partial charge in [-0.1, -0.05) is 13.8 Å². The number of nitrogens with one attached hydrogen (secondary N) is 1. The molecule has 0 aliphatic rings. The molecule has 7 heteroatoms. The Morgan fingerprint density at radius 2 is 1.78 bits per heavy atom. The number of carbonyl (C=O) groups excluding carboxylic acids is 2.